The van der Waals surface area contributed by atoms with Gasteiger partial charge in [-0.15, -0.1) is 0 Å². The number of nitrogens with one attached hydrogen (secondary N) is 3. The van der Waals surface area contributed by atoms with Crippen molar-refractivity contribution in [3.63, 3.8) is 0 Å². The Morgan fingerprint density at radius 1 is 0.839 bits per heavy atom. The van der Waals surface area contributed by atoms with Crippen molar-refractivity contribution in [1.82, 2.24) is 15.3 Å². The number of aromatic nitrogens is 2. The van der Waals surface area contributed by atoms with Crippen molar-refractivity contribution < 1.29 is 9.59 Å². The Morgan fingerprint density at radius 3 is 2.39 bits per heavy atom. The van der Waals surface area contributed by atoms with E-state index in [1.807, 2.05) is 54.6 Å². The van der Waals surface area contributed by atoms with E-state index in [0.29, 0.717) is 29.3 Å². The Bertz CT molecular complexity index is 1240. The number of anilines is 2. The Kier molecular flexibility index (Phi) is 5.84. The van der Waals surface area contributed by atoms with Gasteiger partial charge in [0.2, 0.25) is 0 Å². The zero-order chi connectivity index (χ0) is 21.6. The van der Waals surface area contributed by atoms with Crippen LogP contribution in [0.25, 0.3) is 10.8 Å². The summed E-state index contributed by atoms with van der Waals surface area (Å²) in [6.07, 6.45) is 3.38. The van der Waals surface area contributed by atoms with Crippen LogP contribution in [-0.4, -0.2) is 28.8 Å². The number of pyridine rings is 2. The third-order valence-corrected chi connectivity index (χ3v) is 4.81. The number of nitrogens with zero attached hydrogens (tertiary/aromatic N) is 2. The highest BCUT2D eigenvalue weighted by Crippen LogP contribution is 2.20. The van der Waals surface area contributed by atoms with Crippen molar-refractivity contribution in [1.29, 1.82) is 0 Å². The van der Waals surface area contributed by atoms with Crippen LogP contribution < -0.4 is 16.0 Å². The van der Waals surface area contributed by atoms with Gasteiger partial charge in [0.05, 0.1) is 5.56 Å². The molecule has 154 valence electrons. The number of amides is 2. The van der Waals surface area contributed by atoms with Gasteiger partial charge < -0.3 is 16.0 Å². The van der Waals surface area contributed by atoms with E-state index < -0.39 is 0 Å². The summed E-state index contributed by atoms with van der Waals surface area (Å²) in [4.78, 5) is 33.0. The minimum absolute atomic E-state index is 0.233. The molecule has 4 aromatic rings. The fourth-order valence-electron chi connectivity index (χ4n) is 3.16. The second kappa shape index (κ2) is 9.04. The molecule has 2 aromatic heterocycles. The largest absolute Gasteiger partial charge is 0.380 e. The van der Waals surface area contributed by atoms with E-state index in [2.05, 4.69) is 25.9 Å². The third-order valence-electron chi connectivity index (χ3n) is 4.81. The van der Waals surface area contributed by atoms with Crippen molar-refractivity contribution in [3.05, 3.63) is 95.9 Å². The standard InChI is InChI=1S/C24H21N5O2/c1-25-24(31)21-11-10-16(14-27-21)13-26-20-9-5-4-8-19(20)23(30)29-22-12-17-6-2-3-7-18(17)15-28-22/h2-12,14-15,26H,13H2,1H3,(H,25,31)(H,28,29,30). The van der Waals surface area contributed by atoms with Crippen LogP contribution in [-0.2, 0) is 6.54 Å². The van der Waals surface area contributed by atoms with Crippen LogP contribution in [0.3, 0.4) is 0 Å². The monoisotopic (exact) mass is 411 g/mol. The quantitative estimate of drug-likeness (QED) is 0.448. The number of carbonyl (C=O) groups excluding carboxylic acids is 2. The van der Waals surface area contributed by atoms with Gasteiger partial charge in [-0.25, -0.2) is 4.98 Å². The molecule has 4 rings (SSSR count). The topological polar surface area (TPSA) is 96.0 Å². The molecule has 0 bridgehead atoms. The van der Waals surface area contributed by atoms with Crippen LogP contribution in [0.1, 0.15) is 26.4 Å². The first-order valence-electron chi connectivity index (χ1n) is 9.80. The molecule has 0 atom stereocenters. The Morgan fingerprint density at radius 2 is 1.61 bits per heavy atom. The number of carbonyl (C=O) groups is 2. The van der Waals surface area contributed by atoms with Crippen LogP contribution in [0, 0.1) is 0 Å². The first-order chi connectivity index (χ1) is 15.1. The fourth-order valence-corrected chi connectivity index (χ4v) is 3.16. The van der Waals surface area contributed by atoms with E-state index in [4.69, 9.17) is 0 Å². The van der Waals surface area contributed by atoms with E-state index in [1.165, 1.54) is 0 Å². The lowest BCUT2D eigenvalue weighted by Crippen LogP contribution is -2.19. The predicted molar refractivity (Wildman–Crippen MR) is 121 cm³/mol. The summed E-state index contributed by atoms with van der Waals surface area (Å²) in [5, 5.41) is 10.7. The summed E-state index contributed by atoms with van der Waals surface area (Å²) >= 11 is 0. The molecular formula is C24H21N5O2. The second-order valence-electron chi connectivity index (χ2n) is 6.90. The average molecular weight is 411 g/mol. The Balaban J connectivity index is 1.47. The molecule has 2 amide bonds. The maximum Gasteiger partial charge on any atom is 0.269 e. The zero-order valence-corrected chi connectivity index (χ0v) is 16.9. The molecule has 3 N–H and O–H groups in total. The molecule has 2 aromatic carbocycles. The molecule has 2 heterocycles. The smallest absolute Gasteiger partial charge is 0.269 e. The highest BCUT2D eigenvalue weighted by Gasteiger charge is 2.12. The minimum Gasteiger partial charge on any atom is -0.380 e. The summed E-state index contributed by atoms with van der Waals surface area (Å²) in [6, 6.07) is 20.5. The minimum atomic E-state index is -0.251. The van der Waals surface area contributed by atoms with E-state index in [0.717, 1.165) is 16.3 Å². The van der Waals surface area contributed by atoms with E-state index in [-0.39, 0.29) is 11.8 Å². The molecule has 0 radical (unpaired) electrons. The maximum absolute atomic E-state index is 12.9. The molecule has 0 unspecified atom stereocenters. The molecule has 0 aliphatic rings. The molecule has 0 aliphatic heterocycles. The van der Waals surface area contributed by atoms with Crippen molar-refractivity contribution in [2.75, 3.05) is 17.7 Å². The average Bonchev–Trinajstić information content (AvgIpc) is 2.82. The summed E-state index contributed by atoms with van der Waals surface area (Å²) < 4.78 is 0. The lowest BCUT2D eigenvalue weighted by molar-refractivity contribution is 0.0957. The first-order valence-corrected chi connectivity index (χ1v) is 9.80. The number of hydrogen-bond donors (Lipinski definition) is 3. The fraction of sp³-hybridized carbons (Fsp3) is 0.0833. The molecule has 0 saturated carbocycles. The van der Waals surface area contributed by atoms with E-state index >= 15 is 0 Å². The number of hydrogen-bond acceptors (Lipinski definition) is 5. The van der Waals surface area contributed by atoms with Gasteiger partial charge in [0.25, 0.3) is 11.8 Å². The van der Waals surface area contributed by atoms with Crippen molar-refractivity contribution in [3.8, 4) is 0 Å². The van der Waals surface area contributed by atoms with Crippen LogP contribution in [0.5, 0.6) is 0 Å². The number of benzene rings is 2. The van der Waals surface area contributed by atoms with Crippen LogP contribution in [0.4, 0.5) is 11.5 Å². The predicted octanol–water partition coefficient (Wildman–Crippen LogP) is 3.85. The van der Waals surface area contributed by atoms with Crippen LogP contribution >= 0.6 is 0 Å². The van der Waals surface area contributed by atoms with E-state index in [1.54, 1.807) is 31.6 Å². The summed E-state index contributed by atoms with van der Waals surface area (Å²) in [7, 11) is 1.56. The Hall–Kier alpha value is -4.26. The normalized spacial score (nSPS) is 10.5. The SMILES string of the molecule is CNC(=O)c1ccc(CNc2ccccc2C(=O)Nc2cc3ccccc3cn2)cn1. The lowest BCUT2D eigenvalue weighted by atomic mass is 10.1. The van der Waals surface area contributed by atoms with Crippen molar-refractivity contribution in [2.45, 2.75) is 6.54 Å². The first kappa shape index (κ1) is 20.0. The maximum atomic E-state index is 12.9. The zero-order valence-electron chi connectivity index (χ0n) is 16.9. The molecule has 0 spiro atoms. The molecule has 7 heteroatoms. The molecule has 0 aliphatic carbocycles. The third kappa shape index (κ3) is 4.67. The highest BCUT2D eigenvalue weighted by molar-refractivity contribution is 6.08. The lowest BCUT2D eigenvalue weighted by Gasteiger charge is -2.12. The molecule has 0 fully saturated rings. The van der Waals surface area contributed by atoms with Gasteiger partial charge in [0.15, 0.2) is 0 Å². The van der Waals surface area contributed by atoms with E-state index in [9.17, 15) is 9.59 Å². The van der Waals surface area contributed by atoms with Gasteiger partial charge in [0, 0.05) is 37.1 Å². The van der Waals surface area contributed by atoms with Gasteiger partial charge >= 0.3 is 0 Å². The van der Waals surface area contributed by atoms with Gasteiger partial charge in [-0.2, -0.15) is 0 Å². The molecule has 31 heavy (non-hydrogen) atoms. The highest BCUT2D eigenvalue weighted by atomic mass is 16.2. The number of fused-ring (bicyclic) bond motifs is 1. The van der Waals surface area contributed by atoms with Gasteiger partial charge in [0.1, 0.15) is 11.5 Å². The summed E-state index contributed by atoms with van der Waals surface area (Å²) in [6.45, 7) is 0.458. The summed E-state index contributed by atoms with van der Waals surface area (Å²) in [5.74, 6) is 0.00953. The molecule has 7 nitrogen and oxygen atoms in total. The molecular weight excluding hydrogens is 390 g/mol. The van der Waals surface area contributed by atoms with Crippen LogP contribution in [0.15, 0.2) is 79.1 Å². The van der Waals surface area contributed by atoms with Crippen molar-refractivity contribution in [2.24, 2.45) is 0 Å². The van der Waals surface area contributed by atoms with Crippen molar-refractivity contribution >= 4 is 34.1 Å². The number of rotatable bonds is 6. The van der Waals surface area contributed by atoms with Gasteiger partial charge in [-0.1, -0.05) is 42.5 Å². The van der Waals surface area contributed by atoms with Gasteiger partial charge in [-0.3, -0.25) is 14.6 Å². The summed E-state index contributed by atoms with van der Waals surface area (Å²) in [5.41, 5.74) is 2.44. The van der Waals surface area contributed by atoms with Crippen LogP contribution in [0.2, 0.25) is 0 Å². The molecule has 0 saturated heterocycles. The second-order valence-corrected chi connectivity index (χ2v) is 6.90. The number of para-hydroxylation sites is 1. The Labute approximate surface area is 179 Å². The van der Waals surface area contributed by atoms with Gasteiger partial charge in [-0.05, 0) is 35.2 Å².